The van der Waals surface area contributed by atoms with E-state index in [-0.39, 0.29) is 5.78 Å². The minimum absolute atomic E-state index is 0.0944. The van der Waals surface area contributed by atoms with Gasteiger partial charge in [-0.05, 0) is 51.4 Å². The lowest BCUT2D eigenvalue weighted by molar-refractivity contribution is -0.146. The van der Waals surface area contributed by atoms with Gasteiger partial charge in [-0.15, -0.1) is 0 Å². The van der Waals surface area contributed by atoms with Gasteiger partial charge in [0.15, 0.2) is 0 Å². The van der Waals surface area contributed by atoms with Crippen LogP contribution in [0.3, 0.4) is 0 Å². The molecule has 236 valence electrons. The third-order valence-electron chi connectivity index (χ3n) is 7.79. The third-order valence-corrected chi connectivity index (χ3v) is 7.79. The van der Waals surface area contributed by atoms with Crippen LogP contribution in [0.2, 0.25) is 0 Å². The van der Waals surface area contributed by atoms with Crippen molar-refractivity contribution in [1.29, 1.82) is 0 Å². The molecule has 0 aromatic carbocycles. The second kappa shape index (κ2) is 32.6. The van der Waals surface area contributed by atoms with Gasteiger partial charge >= 0.3 is 5.97 Å². The molecule has 1 unspecified atom stereocenters. The average molecular weight is 571 g/mol. The number of rotatable bonds is 31. The summed E-state index contributed by atoms with van der Waals surface area (Å²) in [6, 6.07) is 0. The maximum absolute atomic E-state index is 12.5. The van der Waals surface area contributed by atoms with E-state index in [9.17, 15) is 14.7 Å². The number of carboxylic acids is 1. The number of allylic oxidation sites excluding steroid dienone is 8. The lowest BCUT2D eigenvalue weighted by atomic mass is 9.94. The highest BCUT2D eigenvalue weighted by Gasteiger charge is 2.24. The van der Waals surface area contributed by atoms with Crippen LogP contribution in [-0.4, -0.2) is 16.9 Å². The van der Waals surface area contributed by atoms with Crippen molar-refractivity contribution >= 4 is 11.8 Å². The van der Waals surface area contributed by atoms with Crippen molar-refractivity contribution < 1.29 is 14.7 Å². The number of hydrogen-bond donors (Lipinski definition) is 1. The molecule has 1 N–H and O–H groups in total. The number of unbranched alkanes of at least 4 members (excludes halogenated alkanes) is 17. The Morgan fingerprint density at radius 3 is 1.29 bits per heavy atom. The molecule has 0 aromatic heterocycles. The molecule has 0 radical (unpaired) electrons. The molecule has 3 heteroatoms. The van der Waals surface area contributed by atoms with Crippen molar-refractivity contribution in [2.24, 2.45) is 5.92 Å². The maximum Gasteiger partial charge on any atom is 0.314 e. The second-order valence-corrected chi connectivity index (χ2v) is 11.7. The highest BCUT2D eigenvalue weighted by atomic mass is 16.4. The summed E-state index contributed by atoms with van der Waals surface area (Å²) in [5.74, 6) is -1.91. The van der Waals surface area contributed by atoms with Crippen molar-refractivity contribution in [3.63, 3.8) is 0 Å². The van der Waals surface area contributed by atoms with Gasteiger partial charge in [0, 0.05) is 6.42 Å². The van der Waals surface area contributed by atoms with E-state index < -0.39 is 11.9 Å². The molecule has 0 aliphatic heterocycles. The summed E-state index contributed by atoms with van der Waals surface area (Å²) < 4.78 is 0. The Morgan fingerprint density at radius 2 is 0.854 bits per heavy atom. The zero-order chi connectivity index (χ0) is 30.1. The molecule has 0 amide bonds. The Hall–Kier alpha value is -1.90. The first-order valence-corrected chi connectivity index (χ1v) is 17.5. The molecule has 0 heterocycles. The van der Waals surface area contributed by atoms with E-state index in [4.69, 9.17) is 0 Å². The van der Waals surface area contributed by atoms with Gasteiger partial charge in [-0.1, -0.05) is 165 Å². The van der Waals surface area contributed by atoms with E-state index in [1.807, 2.05) is 6.08 Å². The zero-order valence-corrected chi connectivity index (χ0v) is 27.1. The predicted octanol–water partition coefficient (Wildman–Crippen LogP) is 12.3. The summed E-state index contributed by atoms with van der Waals surface area (Å²) in [4.78, 5) is 24.1. The largest absolute Gasteiger partial charge is 0.481 e. The molecule has 3 nitrogen and oxygen atoms in total. The molecule has 0 spiro atoms. The van der Waals surface area contributed by atoms with Gasteiger partial charge < -0.3 is 5.11 Å². The molecule has 0 fully saturated rings. The molecule has 0 saturated carbocycles. The lowest BCUT2D eigenvalue weighted by Gasteiger charge is -2.10. The summed E-state index contributed by atoms with van der Waals surface area (Å²) in [7, 11) is 0. The minimum Gasteiger partial charge on any atom is -0.481 e. The molecule has 0 bridgehead atoms. The number of carboxylic acid groups (broad SMARTS) is 1. The van der Waals surface area contributed by atoms with Crippen molar-refractivity contribution in [3.05, 3.63) is 48.6 Å². The predicted molar refractivity (Wildman–Crippen MR) is 179 cm³/mol. The monoisotopic (exact) mass is 571 g/mol. The average Bonchev–Trinajstić information content (AvgIpc) is 2.96. The Morgan fingerprint density at radius 1 is 0.488 bits per heavy atom. The molecule has 1 atom stereocenters. The van der Waals surface area contributed by atoms with Crippen LogP contribution in [0.25, 0.3) is 0 Å². The molecule has 0 aliphatic rings. The Bertz CT molecular complexity index is 700. The van der Waals surface area contributed by atoms with Crippen molar-refractivity contribution in [2.75, 3.05) is 0 Å². The molecule has 41 heavy (non-hydrogen) atoms. The number of ketones is 1. The third kappa shape index (κ3) is 29.4. The number of hydrogen-bond acceptors (Lipinski definition) is 2. The zero-order valence-electron chi connectivity index (χ0n) is 27.1. The summed E-state index contributed by atoms with van der Waals surface area (Å²) >= 11 is 0. The van der Waals surface area contributed by atoms with Gasteiger partial charge in [0.2, 0.25) is 0 Å². The van der Waals surface area contributed by atoms with E-state index in [0.29, 0.717) is 19.3 Å². The van der Waals surface area contributed by atoms with Crippen molar-refractivity contribution in [1.82, 2.24) is 0 Å². The summed E-state index contributed by atoms with van der Waals surface area (Å²) in [5, 5.41) is 9.53. The van der Waals surface area contributed by atoms with Gasteiger partial charge in [-0.3, -0.25) is 9.59 Å². The van der Waals surface area contributed by atoms with Crippen molar-refractivity contribution in [3.8, 4) is 0 Å². The van der Waals surface area contributed by atoms with Gasteiger partial charge in [-0.25, -0.2) is 0 Å². The van der Waals surface area contributed by atoms with Crippen LogP contribution in [0.1, 0.15) is 174 Å². The van der Waals surface area contributed by atoms with Crippen LogP contribution < -0.4 is 0 Å². The van der Waals surface area contributed by atoms with E-state index in [1.54, 1.807) is 0 Å². The van der Waals surface area contributed by atoms with Gasteiger partial charge in [0.25, 0.3) is 0 Å². The Kier molecular flexibility index (Phi) is 31.1. The topological polar surface area (TPSA) is 54.4 Å². The van der Waals surface area contributed by atoms with Gasteiger partial charge in [0.05, 0.1) is 0 Å². The first-order chi connectivity index (χ1) is 20.1. The number of Topliss-reactive ketones (excluding diaryl/α,β-unsaturated/α-hetero) is 1. The highest BCUT2D eigenvalue weighted by Crippen LogP contribution is 2.16. The molecular formula is C38H66O3. The van der Waals surface area contributed by atoms with E-state index in [2.05, 4.69) is 56.4 Å². The highest BCUT2D eigenvalue weighted by molar-refractivity contribution is 5.98. The fourth-order valence-electron chi connectivity index (χ4n) is 5.09. The van der Waals surface area contributed by atoms with E-state index in [0.717, 1.165) is 38.5 Å². The summed E-state index contributed by atoms with van der Waals surface area (Å²) in [5.41, 5.74) is 0. The molecule has 0 aromatic rings. The number of carbonyl (C=O) groups is 2. The maximum atomic E-state index is 12.5. The summed E-state index contributed by atoms with van der Waals surface area (Å²) in [6.45, 7) is 4.50. The molecule has 0 saturated heterocycles. The normalized spacial score (nSPS) is 12.9. The molecule has 0 aliphatic carbocycles. The lowest BCUT2D eigenvalue weighted by Crippen LogP contribution is -2.23. The fraction of sp³-hybridized carbons (Fsp3) is 0.737. The number of carbonyl (C=O) groups excluding carboxylic acids is 1. The standard InChI is InChI=1S/C38H66O3/c1-3-5-7-9-11-13-15-17-19-21-22-24-26-28-30-32-34-36(38(40)41)37(39)35-33-31-29-27-25-23-20-18-16-14-12-10-8-6-4-2/h11,13,17,19,22,24,28,30,36H,3-10,12,14-16,18,20-21,23,25-27,29,31-35H2,1-2H3,(H,40,41)/b13-11-,19-17-,24-22-,30-28-. The first kappa shape index (κ1) is 39.1. The smallest absolute Gasteiger partial charge is 0.314 e. The van der Waals surface area contributed by atoms with Crippen LogP contribution in [0.5, 0.6) is 0 Å². The summed E-state index contributed by atoms with van der Waals surface area (Å²) in [6.07, 6.45) is 45.9. The van der Waals surface area contributed by atoms with Crippen LogP contribution in [0, 0.1) is 5.92 Å². The SMILES string of the molecule is CCCCC/C=C\C/C=C\C/C=C\C/C=C\CCC(C(=O)O)C(=O)CCCCCCCCCCCCCCCCC. The van der Waals surface area contributed by atoms with Crippen molar-refractivity contribution in [2.45, 2.75) is 174 Å². The fourth-order valence-corrected chi connectivity index (χ4v) is 5.09. The van der Waals surface area contributed by atoms with Crippen LogP contribution in [0.15, 0.2) is 48.6 Å². The number of aliphatic carboxylic acids is 1. The first-order valence-electron chi connectivity index (χ1n) is 17.5. The minimum atomic E-state index is -0.966. The Balaban J connectivity index is 3.75. The van der Waals surface area contributed by atoms with Gasteiger partial charge in [0.1, 0.15) is 11.7 Å². The second-order valence-electron chi connectivity index (χ2n) is 11.7. The molecule has 0 rings (SSSR count). The Labute approximate surface area is 255 Å². The van der Waals surface area contributed by atoms with Crippen LogP contribution >= 0.6 is 0 Å². The van der Waals surface area contributed by atoms with E-state index in [1.165, 1.54) is 103 Å². The van der Waals surface area contributed by atoms with Crippen LogP contribution in [-0.2, 0) is 9.59 Å². The van der Waals surface area contributed by atoms with Crippen LogP contribution in [0.4, 0.5) is 0 Å². The van der Waals surface area contributed by atoms with E-state index >= 15 is 0 Å². The quantitative estimate of drug-likeness (QED) is 0.0512. The molecular weight excluding hydrogens is 504 g/mol. The van der Waals surface area contributed by atoms with Gasteiger partial charge in [-0.2, -0.15) is 0 Å².